The lowest BCUT2D eigenvalue weighted by molar-refractivity contribution is -0.147. The first-order chi connectivity index (χ1) is 11.6. The summed E-state index contributed by atoms with van der Waals surface area (Å²) in [5.74, 6) is -2.58. The van der Waals surface area contributed by atoms with Gasteiger partial charge in [0.05, 0.1) is 6.54 Å². The number of rotatable bonds is 7. The topological polar surface area (TPSA) is 127 Å². The summed E-state index contributed by atoms with van der Waals surface area (Å²) in [5, 5.41) is 28.3. The van der Waals surface area contributed by atoms with Crippen molar-refractivity contribution in [2.24, 2.45) is 5.92 Å². The number of carbonyl (C=O) groups excluding carboxylic acids is 1. The summed E-state index contributed by atoms with van der Waals surface area (Å²) in [6.45, 7) is 4.97. The van der Waals surface area contributed by atoms with Crippen molar-refractivity contribution in [3.8, 4) is 0 Å². The Morgan fingerprint density at radius 3 is 2.00 bits per heavy atom. The molecule has 8 nitrogen and oxygen atoms in total. The van der Waals surface area contributed by atoms with Gasteiger partial charge in [-0.1, -0.05) is 49.7 Å². The van der Waals surface area contributed by atoms with Gasteiger partial charge in [0.2, 0.25) is 0 Å². The highest BCUT2D eigenvalue weighted by molar-refractivity contribution is 5.80. The van der Waals surface area contributed by atoms with E-state index in [0.29, 0.717) is 0 Å². The van der Waals surface area contributed by atoms with Gasteiger partial charge in [-0.25, -0.2) is 9.59 Å². The highest BCUT2D eigenvalue weighted by Gasteiger charge is 2.22. The van der Waals surface area contributed by atoms with E-state index in [4.69, 9.17) is 10.2 Å². The molecular formula is C17H26N2O6. The molecule has 0 radical (unpaired) electrons. The van der Waals surface area contributed by atoms with E-state index >= 15 is 0 Å². The Kier molecular flexibility index (Phi) is 10.6. The number of hydrogen-bond acceptors (Lipinski definition) is 4. The number of aliphatic hydroxyl groups is 1. The van der Waals surface area contributed by atoms with E-state index in [1.54, 1.807) is 0 Å². The first-order valence-corrected chi connectivity index (χ1v) is 7.80. The summed E-state index contributed by atoms with van der Waals surface area (Å²) in [5.41, 5.74) is 1.32. The van der Waals surface area contributed by atoms with Crippen molar-refractivity contribution in [1.82, 2.24) is 10.2 Å². The molecule has 0 bridgehead atoms. The standard InChI is InChI=1S/C10H18N2O6.C7H8/c1-6(2)4-12(5-7(13)9(16)17)10(18)11-3-8(14)15;1-7-5-3-2-4-6-7/h6-7,13H,3-5H2,1-2H3,(H,11,18)(H,14,15)(H,16,17);2-6H,1H3. The van der Waals surface area contributed by atoms with Crippen molar-refractivity contribution < 1.29 is 29.7 Å². The number of carboxylic acids is 2. The summed E-state index contributed by atoms with van der Waals surface area (Å²) in [4.78, 5) is 33.5. The lowest BCUT2D eigenvalue weighted by Crippen LogP contribution is -2.48. The van der Waals surface area contributed by atoms with Gasteiger partial charge in [0.25, 0.3) is 0 Å². The van der Waals surface area contributed by atoms with Gasteiger partial charge < -0.3 is 25.5 Å². The quantitative estimate of drug-likeness (QED) is 0.582. The minimum Gasteiger partial charge on any atom is -0.480 e. The first kappa shape index (κ1) is 22.4. The van der Waals surface area contributed by atoms with Gasteiger partial charge >= 0.3 is 18.0 Å². The van der Waals surface area contributed by atoms with Gasteiger partial charge in [-0.2, -0.15) is 0 Å². The maximum absolute atomic E-state index is 11.6. The summed E-state index contributed by atoms with van der Waals surface area (Å²) in [6, 6.07) is 9.55. The van der Waals surface area contributed by atoms with E-state index in [-0.39, 0.29) is 19.0 Å². The molecular weight excluding hydrogens is 328 g/mol. The van der Waals surface area contributed by atoms with Crippen LogP contribution in [0.3, 0.4) is 0 Å². The van der Waals surface area contributed by atoms with Crippen LogP contribution in [0.15, 0.2) is 30.3 Å². The molecule has 8 heteroatoms. The molecule has 1 aromatic carbocycles. The summed E-state index contributed by atoms with van der Waals surface area (Å²) < 4.78 is 0. The van der Waals surface area contributed by atoms with Gasteiger partial charge in [-0.3, -0.25) is 4.79 Å². The molecule has 0 aliphatic carbocycles. The lowest BCUT2D eigenvalue weighted by Gasteiger charge is -2.25. The number of urea groups is 1. The summed E-state index contributed by atoms with van der Waals surface area (Å²) in [6.07, 6.45) is -1.70. The van der Waals surface area contributed by atoms with Gasteiger partial charge in [0, 0.05) is 6.54 Å². The number of amides is 2. The highest BCUT2D eigenvalue weighted by Crippen LogP contribution is 2.01. The van der Waals surface area contributed by atoms with Crippen LogP contribution in [0.4, 0.5) is 4.79 Å². The normalized spacial score (nSPS) is 11.1. The zero-order valence-electron chi connectivity index (χ0n) is 14.7. The molecule has 1 unspecified atom stereocenters. The Balaban J connectivity index is 0.000000676. The van der Waals surface area contributed by atoms with Crippen LogP contribution in [0.2, 0.25) is 0 Å². The third kappa shape index (κ3) is 11.5. The van der Waals surface area contributed by atoms with E-state index in [1.165, 1.54) is 5.56 Å². The molecule has 2 amide bonds. The average molecular weight is 354 g/mol. The van der Waals surface area contributed by atoms with Crippen LogP contribution in [0.1, 0.15) is 19.4 Å². The average Bonchev–Trinajstić information content (AvgIpc) is 2.52. The van der Waals surface area contributed by atoms with Crippen LogP contribution in [0.25, 0.3) is 0 Å². The predicted octanol–water partition coefficient (Wildman–Crippen LogP) is 1.18. The number of benzene rings is 1. The highest BCUT2D eigenvalue weighted by atomic mass is 16.4. The van der Waals surface area contributed by atoms with Crippen LogP contribution in [-0.4, -0.2) is 63.9 Å². The fraction of sp³-hybridized carbons (Fsp3) is 0.471. The number of hydrogen-bond donors (Lipinski definition) is 4. The fourth-order valence-corrected chi connectivity index (χ4v) is 1.77. The van der Waals surface area contributed by atoms with Gasteiger partial charge in [0.15, 0.2) is 6.10 Å². The molecule has 0 saturated carbocycles. The van der Waals surface area contributed by atoms with E-state index in [2.05, 4.69) is 24.4 Å². The van der Waals surface area contributed by atoms with Gasteiger partial charge in [-0.05, 0) is 12.8 Å². The molecule has 1 atom stereocenters. The van der Waals surface area contributed by atoms with Crippen molar-refractivity contribution in [1.29, 1.82) is 0 Å². The Labute approximate surface area is 147 Å². The smallest absolute Gasteiger partial charge is 0.334 e. The monoisotopic (exact) mass is 354 g/mol. The summed E-state index contributed by atoms with van der Waals surface area (Å²) in [7, 11) is 0. The van der Waals surface area contributed by atoms with E-state index in [0.717, 1.165) is 4.90 Å². The number of carboxylic acid groups (broad SMARTS) is 2. The van der Waals surface area contributed by atoms with Crippen molar-refractivity contribution >= 4 is 18.0 Å². The van der Waals surface area contributed by atoms with Crippen molar-refractivity contribution in [3.63, 3.8) is 0 Å². The van der Waals surface area contributed by atoms with Crippen LogP contribution >= 0.6 is 0 Å². The number of aliphatic hydroxyl groups excluding tert-OH is 1. The molecule has 0 spiro atoms. The van der Waals surface area contributed by atoms with Gasteiger partial charge in [-0.15, -0.1) is 0 Å². The zero-order chi connectivity index (χ0) is 19.4. The third-order valence-corrected chi connectivity index (χ3v) is 2.88. The van der Waals surface area contributed by atoms with Crippen LogP contribution in [-0.2, 0) is 9.59 Å². The molecule has 0 saturated heterocycles. The van der Waals surface area contributed by atoms with Crippen LogP contribution in [0, 0.1) is 12.8 Å². The second-order valence-electron chi connectivity index (χ2n) is 5.86. The maximum atomic E-state index is 11.6. The molecule has 0 heterocycles. The van der Waals surface area contributed by atoms with E-state index < -0.39 is 30.6 Å². The predicted molar refractivity (Wildman–Crippen MR) is 92.3 cm³/mol. The Morgan fingerprint density at radius 1 is 1.08 bits per heavy atom. The largest absolute Gasteiger partial charge is 0.480 e. The minimum absolute atomic E-state index is 0.0570. The first-order valence-electron chi connectivity index (χ1n) is 7.80. The number of carbonyl (C=O) groups is 3. The molecule has 0 fully saturated rings. The molecule has 0 aromatic heterocycles. The minimum atomic E-state index is -1.70. The van der Waals surface area contributed by atoms with Crippen LogP contribution < -0.4 is 5.32 Å². The SMILES string of the molecule is CC(C)CN(CC(O)C(=O)O)C(=O)NCC(=O)O.Cc1ccccc1. The molecule has 0 aliphatic heterocycles. The number of nitrogens with zero attached hydrogens (tertiary/aromatic N) is 1. The lowest BCUT2D eigenvalue weighted by atomic mass is 10.2. The second kappa shape index (κ2) is 11.9. The molecule has 140 valence electrons. The second-order valence-corrected chi connectivity index (χ2v) is 5.86. The van der Waals surface area contributed by atoms with E-state index in [1.807, 2.05) is 32.0 Å². The molecule has 1 rings (SSSR count). The maximum Gasteiger partial charge on any atom is 0.334 e. The zero-order valence-corrected chi connectivity index (χ0v) is 14.7. The Morgan fingerprint density at radius 2 is 1.64 bits per heavy atom. The third-order valence-electron chi connectivity index (χ3n) is 2.88. The van der Waals surface area contributed by atoms with Crippen molar-refractivity contribution in [3.05, 3.63) is 35.9 Å². The Hall–Kier alpha value is -2.61. The summed E-state index contributed by atoms with van der Waals surface area (Å²) >= 11 is 0. The fourth-order valence-electron chi connectivity index (χ4n) is 1.77. The molecule has 4 N–H and O–H groups in total. The van der Waals surface area contributed by atoms with Crippen LogP contribution in [0.5, 0.6) is 0 Å². The van der Waals surface area contributed by atoms with Gasteiger partial charge in [0.1, 0.15) is 6.54 Å². The van der Waals surface area contributed by atoms with E-state index in [9.17, 15) is 19.5 Å². The number of nitrogens with one attached hydrogen (secondary N) is 1. The number of aliphatic carboxylic acids is 2. The number of aryl methyl sites for hydroxylation is 1. The van der Waals surface area contributed by atoms with Crippen molar-refractivity contribution in [2.45, 2.75) is 26.9 Å². The molecule has 25 heavy (non-hydrogen) atoms. The molecule has 0 aliphatic rings. The Bertz CT molecular complexity index is 547. The molecule has 1 aromatic rings. The van der Waals surface area contributed by atoms with Crippen molar-refractivity contribution in [2.75, 3.05) is 19.6 Å².